The number of carbonyl (C=O) groups is 1. The number of nitrogens with zero attached hydrogens (tertiary/aromatic N) is 1. The van der Waals surface area contributed by atoms with E-state index in [1.54, 1.807) is 11.8 Å². The fourth-order valence-electron chi connectivity index (χ4n) is 1.37. The molecular weight excluding hydrogens is 248 g/mol. The molecule has 0 fully saturated rings. The number of hydrogen-bond acceptors (Lipinski definition) is 3. The molecule has 0 radical (unpaired) electrons. The van der Waals surface area contributed by atoms with Crippen molar-refractivity contribution in [3.63, 3.8) is 0 Å². The van der Waals surface area contributed by atoms with E-state index in [0.717, 1.165) is 6.54 Å². The molecule has 6 heteroatoms. The molecule has 0 saturated heterocycles. The van der Waals surface area contributed by atoms with Crippen molar-refractivity contribution in [3.05, 3.63) is 29.8 Å². The van der Waals surface area contributed by atoms with Gasteiger partial charge in [-0.2, -0.15) is 4.99 Å². The van der Waals surface area contributed by atoms with E-state index >= 15 is 0 Å². The van der Waals surface area contributed by atoms with Gasteiger partial charge in [-0.3, -0.25) is 4.79 Å². The third-order valence-electron chi connectivity index (χ3n) is 2.26. The van der Waals surface area contributed by atoms with Gasteiger partial charge in [0, 0.05) is 24.4 Å². The zero-order valence-electron chi connectivity index (χ0n) is 10.3. The van der Waals surface area contributed by atoms with E-state index in [9.17, 15) is 4.79 Å². The minimum atomic E-state index is -0.305. The van der Waals surface area contributed by atoms with Gasteiger partial charge in [0.15, 0.2) is 5.96 Å². The summed E-state index contributed by atoms with van der Waals surface area (Å²) < 4.78 is 0. The van der Waals surface area contributed by atoms with Gasteiger partial charge in [-0.1, -0.05) is 12.1 Å². The largest absolute Gasteiger partial charge is 0.370 e. The number of nitrogens with two attached hydrogens (primary N) is 2. The average molecular weight is 266 g/mol. The number of rotatable bonds is 6. The monoisotopic (exact) mass is 266 g/mol. The Kier molecular flexibility index (Phi) is 6.24. The van der Waals surface area contributed by atoms with Crippen LogP contribution in [0.15, 0.2) is 34.2 Å². The lowest BCUT2D eigenvalue weighted by Gasteiger charge is -2.04. The van der Waals surface area contributed by atoms with E-state index in [0.29, 0.717) is 13.0 Å². The second-order valence-corrected chi connectivity index (χ2v) is 4.58. The molecule has 0 aliphatic heterocycles. The average Bonchev–Trinajstić information content (AvgIpc) is 2.34. The van der Waals surface area contributed by atoms with Gasteiger partial charge in [-0.15, -0.1) is 11.8 Å². The number of thioether (sulfide) groups is 1. The summed E-state index contributed by atoms with van der Waals surface area (Å²) >= 11 is 1.71. The van der Waals surface area contributed by atoms with Crippen molar-refractivity contribution in [2.75, 3.05) is 12.8 Å². The van der Waals surface area contributed by atoms with Crippen molar-refractivity contribution < 1.29 is 4.79 Å². The van der Waals surface area contributed by atoms with Crippen LogP contribution in [0.5, 0.6) is 0 Å². The molecule has 0 bridgehead atoms. The van der Waals surface area contributed by atoms with Crippen molar-refractivity contribution in [2.45, 2.75) is 17.9 Å². The van der Waals surface area contributed by atoms with Crippen LogP contribution in [0.4, 0.5) is 0 Å². The standard InChI is InChI=1S/C12H18N4OS/c1-18-10-4-2-9(3-5-10)8-15-7-6-11(17)16-12(13)14/h2-5,15H,6-8H2,1H3,(H4,13,14,16,17). The summed E-state index contributed by atoms with van der Waals surface area (Å²) in [5, 5.41) is 3.16. The predicted octanol–water partition coefficient (Wildman–Crippen LogP) is 0.688. The second-order valence-electron chi connectivity index (χ2n) is 3.71. The fraction of sp³-hybridized carbons (Fsp3) is 0.333. The first-order chi connectivity index (χ1) is 8.61. The van der Waals surface area contributed by atoms with Gasteiger partial charge >= 0.3 is 0 Å². The summed E-state index contributed by atoms with van der Waals surface area (Å²) in [5.41, 5.74) is 11.4. The highest BCUT2D eigenvalue weighted by atomic mass is 32.2. The zero-order chi connectivity index (χ0) is 13.4. The Bertz CT molecular complexity index is 413. The van der Waals surface area contributed by atoms with Crippen LogP contribution in [0.1, 0.15) is 12.0 Å². The van der Waals surface area contributed by atoms with Crippen molar-refractivity contribution >= 4 is 23.6 Å². The summed E-state index contributed by atoms with van der Waals surface area (Å²) in [6, 6.07) is 8.28. The number of guanidine groups is 1. The summed E-state index contributed by atoms with van der Waals surface area (Å²) in [4.78, 5) is 15.8. The third kappa shape index (κ3) is 5.70. The van der Waals surface area contributed by atoms with E-state index < -0.39 is 0 Å². The van der Waals surface area contributed by atoms with Crippen LogP contribution in [0.25, 0.3) is 0 Å². The van der Waals surface area contributed by atoms with Gasteiger partial charge in [0.25, 0.3) is 0 Å². The first-order valence-electron chi connectivity index (χ1n) is 5.58. The summed E-state index contributed by atoms with van der Waals surface area (Å²) in [6.45, 7) is 1.28. The van der Waals surface area contributed by atoms with Gasteiger partial charge in [0.05, 0.1) is 0 Å². The lowest BCUT2D eigenvalue weighted by atomic mass is 10.2. The topological polar surface area (TPSA) is 93.5 Å². The molecule has 0 spiro atoms. The second kappa shape index (κ2) is 7.73. The Morgan fingerprint density at radius 3 is 2.56 bits per heavy atom. The summed E-state index contributed by atoms with van der Waals surface area (Å²) in [7, 11) is 0. The normalized spacial score (nSPS) is 10.1. The highest BCUT2D eigenvalue weighted by Crippen LogP contribution is 2.14. The maximum Gasteiger partial charge on any atom is 0.250 e. The van der Waals surface area contributed by atoms with Gasteiger partial charge in [-0.25, -0.2) is 0 Å². The van der Waals surface area contributed by atoms with Crippen LogP contribution in [0.2, 0.25) is 0 Å². The van der Waals surface area contributed by atoms with E-state index in [2.05, 4.69) is 34.6 Å². The molecule has 98 valence electrons. The molecule has 5 nitrogen and oxygen atoms in total. The molecular formula is C12H18N4OS. The SMILES string of the molecule is CSc1ccc(CNCCC(=O)N=C(N)N)cc1. The van der Waals surface area contributed by atoms with Crippen molar-refractivity contribution in [1.82, 2.24) is 5.32 Å². The Hall–Kier alpha value is -1.53. The molecule has 1 aromatic carbocycles. The summed E-state index contributed by atoms with van der Waals surface area (Å²) in [5.74, 6) is -0.493. The maximum atomic E-state index is 11.2. The molecule has 1 aromatic rings. The molecule has 0 saturated carbocycles. The maximum absolute atomic E-state index is 11.2. The van der Waals surface area contributed by atoms with E-state index in [1.807, 2.05) is 6.26 Å². The number of hydrogen-bond donors (Lipinski definition) is 3. The fourth-order valence-corrected chi connectivity index (χ4v) is 1.78. The molecule has 1 amide bonds. The van der Waals surface area contributed by atoms with Gasteiger partial charge in [0.2, 0.25) is 5.91 Å². The van der Waals surface area contributed by atoms with Crippen LogP contribution < -0.4 is 16.8 Å². The molecule has 0 unspecified atom stereocenters. The number of amides is 1. The van der Waals surface area contributed by atoms with Crippen LogP contribution in [0, 0.1) is 0 Å². The molecule has 18 heavy (non-hydrogen) atoms. The molecule has 0 heterocycles. The highest BCUT2D eigenvalue weighted by molar-refractivity contribution is 7.98. The van der Waals surface area contributed by atoms with Crippen molar-refractivity contribution in [3.8, 4) is 0 Å². The molecule has 1 rings (SSSR count). The third-order valence-corrected chi connectivity index (χ3v) is 3.00. The lowest BCUT2D eigenvalue weighted by molar-refractivity contribution is -0.117. The Morgan fingerprint density at radius 1 is 1.33 bits per heavy atom. The lowest BCUT2D eigenvalue weighted by Crippen LogP contribution is -2.25. The minimum absolute atomic E-state index is 0.187. The first kappa shape index (κ1) is 14.5. The Balaban J connectivity index is 2.25. The van der Waals surface area contributed by atoms with Gasteiger partial charge in [0.1, 0.15) is 0 Å². The molecule has 0 atom stereocenters. The number of aliphatic imine (C=N–C) groups is 1. The number of nitrogens with one attached hydrogen (secondary N) is 1. The van der Waals surface area contributed by atoms with E-state index in [4.69, 9.17) is 11.5 Å². The molecule has 0 aliphatic rings. The smallest absolute Gasteiger partial charge is 0.250 e. The van der Waals surface area contributed by atoms with Gasteiger partial charge in [-0.05, 0) is 24.0 Å². The predicted molar refractivity (Wildman–Crippen MR) is 75.4 cm³/mol. The number of carbonyl (C=O) groups excluding carboxylic acids is 1. The minimum Gasteiger partial charge on any atom is -0.370 e. The molecule has 5 N–H and O–H groups in total. The van der Waals surface area contributed by atoms with Crippen LogP contribution in [0.3, 0.4) is 0 Å². The summed E-state index contributed by atoms with van der Waals surface area (Å²) in [6.07, 6.45) is 2.34. The van der Waals surface area contributed by atoms with Crippen molar-refractivity contribution in [2.24, 2.45) is 16.5 Å². The van der Waals surface area contributed by atoms with Crippen LogP contribution in [-0.2, 0) is 11.3 Å². The Morgan fingerprint density at radius 2 is 2.00 bits per heavy atom. The molecule has 0 aliphatic carbocycles. The first-order valence-corrected chi connectivity index (χ1v) is 6.80. The van der Waals surface area contributed by atoms with Crippen molar-refractivity contribution in [1.29, 1.82) is 0 Å². The van der Waals surface area contributed by atoms with Crippen LogP contribution in [-0.4, -0.2) is 24.7 Å². The van der Waals surface area contributed by atoms with Crippen LogP contribution >= 0.6 is 11.8 Å². The van der Waals surface area contributed by atoms with Gasteiger partial charge < -0.3 is 16.8 Å². The Labute approximate surface area is 111 Å². The van der Waals surface area contributed by atoms with E-state index in [-0.39, 0.29) is 11.9 Å². The molecule has 0 aromatic heterocycles. The zero-order valence-corrected chi connectivity index (χ0v) is 11.2. The number of benzene rings is 1. The highest BCUT2D eigenvalue weighted by Gasteiger charge is 1.99. The quantitative estimate of drug-likeness (QED) is 0.305. The van der Waals surface area contributed by atoms with E-state index in [1.165, 1.54) is 10.5 Å².